The first-order valence-corrected chi connectivity index (χ1v) is 12.7. The van der Waals surface area contributed by atoms with Crippen molar-refractivity contribution in [3.05, 3.63) is 16.7 Å². The monoisotopic (exact) mass is 514 g/mol. The van der Waals surface area contributed by atoms with E-state index >= 15 is 0 Å². The predicted octanol–water partition coefficient (Wildman–Crippen LogP) is 2.20. The number of sulfone groups is 1. The van der Waals surface area contributed by atoms with Crippen LogP contribution in [0.25, 0.3) is 11.0 Å². The Morgan fingerprint density at radius 2 is 2.03 bits per heavy atom. The van der Waals surface area contributed by atoms with E-state index in [1.807, 2.05) is 31.7 Å². The van der Waals surface area contributed by atoms with E-state index in [-0.39, 0.29) is 18.2 Å². The Morgan fingerprint density at radius 1 is 1.32 bits per heavy atom. The maximum Gasteiger partial charge on any atom is 0.407 e. The van der Waals surface area contributed by atoms with Crippen LogP contribution in [0, 0.1) is 5.92 Å². The molecule has 1 fully saturated rings. The Bertz CT molecular complexity index is 1070. The molecule has 10 nitrogen and oxygen atoms in total. The average molecular weight is 515 g/mol. The van der Waals surface area contributed by atoms with Crippen LogP contribution in [0.1, 0.15) is 20.8 Å². The molecule has 0 atom stereocenters. The second-order valence-corrected chi connectivity index (χ2v) is 11.8. The van der Waals surface area contributed by atoms with E-state index in [1.165, 1.54) is 6.26 Å². The third-order valence-electron chi connectivity index (χ3n) is 4.45. The number of ether oxygens (including phenoxy) is 1. The molecule has 170 valence electrons. The van der Waals surface area contributed by atoms with Gasteiger partial charge < -0.3 is 20.3 Å². The molecule has 0 aliphatic carbocycles. The van der Waals surface area contributed by atoms with Gasteiger partial charge in [-0.15, -0.1) is 0 Å². The molecule has 1 aliphatic heterocycles. The summed E-state index contributed by atoms with van der Waals surface area (Å²) >= 11 is 3.40. The van der Waals surface area contributed by atoms with Crippen molar-refractivity contribution in [1.82, 2.24) is 20.3 Å². The van der Waals surface area contributed by atoms with Gasteiger partial charge in [0.25, 0.3) is 0 Å². The maximum atomic E-state index is 11.8. The van der Waals surface area contributed by atoms with Gasteiger partial charge in [-0.1, -0.05) is 0 Å². The van der Waals surface area contributed by atoms with Crippen molar-refractivity contribution in [3.63, 3.8) is 0 Å². The molecular weight excluding hydrogens is 488 g/mol. The van der Waals surface area contributed by atoms with Crippen molar-refractivity contribution in [2.24, 2.45) is 5.92 Å². The van der Waals surface area contributed by atoms with Gasteiger partial charge in [0.2, 0.25) is 5.95 Å². The number of aromatic nitrogens is 3. The predicted molar refractivity (Wildman–Crippen MR) is 123 cm³/mol. The third-order valence-corrected chi connectivity index (χ3v) is 5.82. The van der Waals surface area contributed by atoms with E-state index in [4.69, 9.17) is 4.74 Å². The smallest absolute Gasteiger partial charge is 0.407 e. The highest BCUT2D eigenvalue weighted by molar-refractivity contribution is 9.10. The Labute approximate surface area is 190 Å². The van der Waals surface area contributed by atoms with Crippen LogP contribution in [0.15, 0.2) is 16.7 Å². The number of hydrogen-bond donors (Lipinski definition) is 2. The number of carbonyl (C=O) groups excluding carboxylic acids is 1. The van der Waals surface area contributed by atoms with Crippen molar-refractivity contribution in [2.75, 3.05) is 48.4 Å². The summed E-state index contributed by atoms with van der Waals surface area (Å²) in [7, 11) is -3.09. The van der Waals surface area contributed by atoms with Crippen molar-refractivity contribution < 1.29 is 17.9 Å². The lowest BCUT2D eigenvalue weighted by molar-refractivity contribution is 0.0516. The van der Waals surface area contributed by atoms with Crippen molar-refractivity contribution in [3.8, 4) is 0 Å². The molecule has 2 N–H and O–H groups in total. The average Bonchev–Trinajstić information content (AvgIpc) is 2.58. The topological polar surface area (TPSA) is 126 Å². The number of hydrogen-bond acceptors (Lipinski definition) is 9. The summed E-state index contributed by atoms with van der Waals surface area (Å²) in [6.45, 7) is 7.57. The van der Waals surface area contributed by atoms with Gasteiger partial charge in [-0.2, -0.15) is 9.97 Å². The summed E-state index contributed by atoms with van der Waals surface area (Å²) in [5.74, 6) is 1.30. The standard InChI is InChI=1S/C19H27BrN6O4S/c1-19(2,3)30-18(27)23-8-12-10-26(11-12)17-24-15(21-5-6-31(4,28)29)14-7-13(20)9-22-16(14)25-17/h7,9,12H,5-6,8,10-11H2,1-4H3,(H,23,27)(H,21,22,24,25). The van der Waals surface area contributed by atoms with E-state index in [0.717, 1.165) is 4.47 Å². The molecule has 2 aromatic rings. The molecule has 1 amide bonds. The Hall–Kier alpha value is -2.21. The molecule has 1 aliphatic rings. The normalized spacial score (nSPS) is 14.9. The first-order valence-electron chi connectivity index (χ1n) is 9.86. The van der Waals surface area contributed by atoms with Gasteiger partial charge in [0.15, 0.2) is 5.65 Å². The number of amides is 1. The first-order chi connectivity index (χ1) is 14.4. The van der Waals surface area contributed by atoms with Crippen LogP contribution in [-0.4, -0.2) is 73.3 Å². The van der Waals surface area contributed by atoms with E-state index in [0.29, 0.717) is 42.4 Å². The Morgan fingerprint density at radius 3 is 2.68 bits per heavy atom. The van der Waals surface area contributed by atoms with Crippen molar-refractivity contribution in [2.45, 2.75) is 26.4 Å². The highest BCUT2D eigenvalue weighted by Crippen LogP contribution is 2.28. The fourth-order valence-electron chi connectivity index (χ4n) is 3.01. The molecule has 0 bridgehead atoms. The minimum absolute atomic E-state index is 0.00259. The molecule has 3 heterocycles. The molecule has 0 unspecified atom stereocenters. The third kappa shape index (κ3) is 6.89. The summed E-state index contributed by atoms with van der Waals surface area (Å²) in [4.78, 5) is 27.3. The van der Waals surface area contributed by atoms with Crippen LogP contribution < -0.4 is 15.5 Å². The maximum absolute atomic E-state index is 11.8. The van der Waals surface area contributed by atoms with Crippen LogP contribution in [-0.2, 0) is 14.6 Å². The van der Waals surface area contributed by atoms with E-state index < -0.39 is 21.5 Å². The summed E-state index contributed by atoms with van der Waals surface area (Å²) in [5.41, 5.74) is -0.0117. The lowest BCUT2D eigenvalue weighted by Gasteiger charge is -2.39. The quantitative estimate of drug-likeness (QED) is 0.571. The first kappa shape index (κ1) is 23.5. The van der Waals surface area contributed by atoms with E-state index in [2.05, 4.69) is 41.5 Å². The van der Waals surface area contributed by atoms with E-state index in [9.17, 15) is 13.2 Å². The van der Waals surface area contributed by atoms with Gasteiger partial charge in [-0.05, 0) is 42.8 Å². The molecule has 0 aromatic carbocycles. The Kier molecular flexibility index (Phi) is 6.89. The number of pyridine rings is 1. The zero-order valence-corrected chi connectivity index (χ0v) is 20.4. The van der Waals surface area contributed by atoms with Gasteiger partial charge in [0.1, 0.15) is 21.3 Å². The summed E-state index contributed by atoms with van der Waals surface area (Å²) in [6, 6.07) is 1.85. The van der Waals surface area contributed by atoms with Crippen LogP contribution in [0.5, 0.6) is 0 Å². The molecule has 31 heavy (non-hydrogen) atoms. The number of alkyl carbamates (subject to hydrolysis) is 1. The summed E-state index contributed by atoms with van der Waals surface area (Å²) in [5, 5.41) is 6.59. The van der Waals surface area contributed by atoms with Crippen molar-refractivity contribution in [1.29, 1.82) is 0 Å². The van der Waals surface area contributed by atoms with Gasteiger partial charge in [0, 0.05) is 49.0 Å². The van der Waals surface area contributed by atoms with Gasteiger partial charge in [-0.3, -0.25) is 0 Å². The number of fused-ring (bicyclic) bond motifs is 1. The molecule has 12 heteroatoms. The second-order valence-electron chi connectivity index (χ2n) is 8.61. The Balaban J connectivity index is 1.66. The number of anilines is 2. The minimum atomic E-state index is -3.09. The molecule has 0 spiro atoms. The second kappa shape index (κ2) is 9.11. The fourth-order valence-corrected chi connectivity index (χ4v) is 3.81. The summed E-state index contributed by atoms with van der Waals surface area (Å²) < 4.78 is 28.9. The van der Waals surface area contributed by atoms with Gasteiger partial charge in [0.05, 0.1) is 11.1 Å². The number of nitrogens with one attached hydrogen (secondary N) is 2. The largest absolute Gasteiger partial charge is 0.444 e. The molecular formula is C19H27BrN6O4S. The lowest BCUT2D eigenvalue weighted by Crippen LogP contribution is -2.52. The molecule has 1 saturated heterocycles. The lowest BCUT2D eigenvalue weighted by atomic mass is 10.0. The molecule has 2 aromatic heterocycles. The summed E-state index contributed by atoms with van der Waals surface area (Å²) in [6.07, 6.45) is 2.42. The fraction of sp³-hybridized carbons (Fsp3) is 0.579. The van der Waals surface area contributed by atoms with Gasteiger partial charge in [-0.25, -0.2) is 18.2 Å². The molecule has 0 radical (unpaired) electrons. The van der Waals surface area contributed by atoms with Gasteiger partial charge >= 0.3 is 6.09 Å². The minimum Gasteiger partial charge on any atom is -0.444 e. The molecule has 3 rings (SSSR count). The zero-order valence-electron chi connectivity index (χ0n) is 18.0. The highest BCUT2D eigenvalue weighted by Gasteiger charge is 2.30. The van der Waals surface area contributed by atoms with Crippen LogP contribution in [0.2, 0.25) is 0 Å². The van der Waals surface area contributed by atoms with E-state index in [1.54, 1.807) is 6.20 Å². The number of nitrogens with zero attached hydrogens (tertiary/aromatic N) is 4. The number of carbonyl (C=O) groups is 1. The SMILES string of the molecule is CC(C)(C)OC(=O)NCC1CN(c2nc(NCCS(C)(=O)=O)c3cc(Br)cnc3n2)C1. The van der Waals surface area contributed by atoms with Crippen LogP contribution in [0.4, 0.5) is 16.6 Å². The molecule has 0 saturated carbocycles. The van der Waals surface area contributed by atoms with Crippen molar-refractivity contribution >= 4 is 54.7 Å². The van der Waals surface area contributed by atoms with Crippen LogP contribution in [0.3, 0.4) is 0 Å². The van der Waals surface area contributed by atoms with Crippen LogP contribution >= 0.6 is 15.9 Å². The number of rotatable bonds is 7. The highest BCUT2D eigenvalue weighted by atomic mass is 79.9. The number of halogens is 1. The zero-order chi connectivity index (χ0) is 22.8.